The van der Waals surface area contributed by atoms with Crippen molar-refractivity contribution in [3.63, 3.8) is 0 Å². The Balaban J connectivity index is 2.14. The van der Waals surface area contributed by atoms with Gasteiger partial charge in [-0.3, -0.25) is 4.79 Å². The van der Waals surface area contributed by atoms with Crippen molar-refractivity contribution >= 4 is 17.1 Å². The maximum absolute atomic E-state index is 12.4. The van der Waals surface area contributed by atoms with Crippen molar-refractivity contribution < 1.29 is 9.35 Å². The number of nitrogens with two attached hydrogens (primary N) is 1. The van der Waals surface area contributed by atoms with Crippen molar-refractivity contribution in [2.75, 3.05) is 0 Å². The molecule has 90 valence electrons. The van der Waals surface area contributed by atoms with E-state index in [9.17, 15) is 9.35 Å². The summed E-state index contributed by atoms with van der Waals surface area (Å²) in [5.74, 6) is -0.492. The van der Waals surface area contributed by atoms with Crippen LogP contribution in [-0.2, 0) is 17.6 Å². The van der Waals surface area contributed by atoms with E-state index in [2.05, 4.69) is 0 Å². The van der Waals surface area contributed by atoms with Crippen molar-refractivity contribution in [3.05, 3.63) is 59.2 Å². The second kappa shape index (κ2) is 4.15. The Kier molecular flexibility index (Phi) is 2.61. The molecule has 3 nitrogen and oxygen atoms in total. The van der Waals surface area contributed by atoms with Gasteiger partial charge >= 0.3 is 0 Å². The zero-order valence-electron chi connectivity index (χ0n) is 9.55. The quantitative estimate of drug-likeness (QED) is 0.792. The maximum atomic E-state index is 12.4. The minimum atomic E-state index is -1.22. The second-order valence-electron chi connectivity index (χ2n) is 4.24. The number of hydrogen-bond acceptors (Lipinski definition) is 2. The van der Waals surface area contributed by atoms with Gasteiger partial charge in [-0.25, -0.2) is 0 Å². The molecule has 2 aromatic carbocycles. The molecule has 18 heavy (non-hydrogen) atoms. The third kappa shape index (κ3) is 1.70. The van der Waals surface area contributed by atoms with Crippen LogP contribution in [0.25, 0.3) is 0 Å². The van der Waals surface area contributed by atoms with Crippen LogP contribution in [0.2, 0.25) is 0 Å². The van der Waals surface area contributed by atoms with Crippen LogP contribution in [0.3, 0.4) is 0 Å². The second-order valence-corrected chi connectivity index (χ2v) is 5.66. The largest absolute Gasteiger partial charge is 0.606 e. The van der Waals surface area contributed by atoms with Crippen LogP contribution in [0.1, 0.15) is 21.5 Å². The van der Waals surface area contributed by atoms with E-state index in [4.69, 9.17) is 5.73 Å². The van der Waals surface area contributed by atoms with Gasteiger partial charge in [0.05, 0.1) is 0 Å². The third-order valence-electron chi connectivity index (χ3n) is 3.10. The van der Waals surface area contributed by atoms with Gasteiger partial charge in [-0.15, -0.1) is 0 Å². The van der Waals surface area contributed by atoms with Crippen LogP contribution in [0, 0.1) is 0 Å². The van der Waals surface area contributed by atoms with Crippen LogP contribution >= 0.6 is 0 Å². The summed E-state index contributed by atoms with van der Waals surface area (Å²) in [7, 11) is 0. The van der Waals surface area contributed by atoms with Gasteiger partial charge in [-0.2, -0.15) is 0 Å². The first-order chi connectivity index (χ1) is 8.66. The van der Waals surface area contributed by atoms with Crippen LogP contribution < -0.4 is 5.73 Å². The van der Waals surface area contributed by atoms with E-state index in [0.29, 0.717) is 10.5 Å². The normalized spacial score (nSPS) is 16.8. The maximum Gasteiger partial charge on any atom is 0.248 e. The highest BCUT2D eigenvalue weighted by Gasteiger charge is 2.28. The fourth-order valence-electron chi connectivity index (χ4n) is 2.18. The van der Waals surface area contributed by atoms with Gasteiger partial charge in [0.2, 0.25) is 5.91 Å². The summed E-state index contributed by atoms with van der Waals surface area (Å²) in [6, 6.07) is 12.8. The minimum absolute atomic E-state index is 0.404. The summed E-state index contributed by atoms with van der Waals surface area (Å²) in [5.41, 5.74) is 7.73. The first kappa shape index (κ1) is 11.3. The summed E-state index contributed by atoms with van der Waals surface area (Å²) in [6.07, 6.45) is 0.746. The van der Waals surface area contributed by atoms with Gasteiger partial charge in [0, 0.05) is 40.4 Å². The Morgan fingerprint density at radius 1 is 1.11 bits per heavy atom. The Morgan fingerprint density at radius 3 is 2.61 bits per heavy atom. The van der Waals surface area contributed by atoms with Gasteiger partial charge in [0.1, 0.15) is 0 Å². The molecule has 0 spiro atoms. The number of amides is 1. The minimum Gasteiger partial charge on any atom is -0.606 e. The molecule has 4 heteroatoms. The summed E-state index contributed by atoms with van der Waals surface area (Å²) in [4.78, 5) is 12.7. The van der Waals surface area contributed by atoms with Gasteiger partial charge in [-0.05, 0) is 12.1 Å². The Labute approximate surface area is 108 Å². The SMILES string of the molecule is NC(=O)c1ccc2c(c1)[S+]([O-])c1ccccc1C2. The first-order valence-electron chi connectivity index (χ1n) is 5.59. The zero-order valence-corrected chi connectivity index (χ0v) is 10.4. The van der Waals surface area contributed by atoms with Crippen molar-refractivity contribution in [1.82, 2.24) is 0 Å². The van der Waals surface area contributed by atoms with Gasteiger partial charge in [-0.1, -0.05) is 24.3 Å². The molecule has 0 saturated heterocycles. The molecule has 0 radical (unpaired) electrons. The number of rotatable bonds is 1. The smallest absolute Gasteiger partial charge is 0.248 e. The molecule has 0 aliphatic carbocycles. The van der Waals surface area contributed by atoms with Crippen LogP contribution in [0.5, 0.6) is 0 Å². The number of hydrogen-bond donors (Lipinski definition) is 1. The molecule has 0 saturated carbocycles. The van der Waals surface area contributed by atoms with Crippen molar-refractivity contribution in [2.45, 2.75) is 16.2 Å². The van der Waals surface area contributed by atoms with Crippen molar-refractivity contribution in [3.8, 4) is 0 Å². The summed E-state index contributed by atoms with van der Waals surface area (Å²) in [5, 5.41) is 0. The zero-order chi connectivity index (χ0) is 12.7. The lowest BCUT2D eigenvalue weighted by Gasteiger charge is -2.21. The molecule has 1 aliphatic rings. The number of carbonyl (C=O) groups excluding carboxylic acids is 1. The number of fused-ring (bicyclic) bond motifs is 2. The summed E-state index contributed by atoms with van der Waals surface area (Å²) < 4.78 is 12.4. The standard InChI is InChI=1S/C14H11NO2S/c15-14(16)11-6-5-10-7-9-3-1-2-4-12(9)18(17)13(10)8-11/h1-6,8H,7H2,(H2,15,16). The first-order valence-corrected chi connectivity index (χ1v) is 6.74. The molecule has 1 aliphatic heterocycles. The average Bonchev–Trinajstić information content (AvgIpc) is 2.38. The average molecular weight is 257 g/mol. The molecule has 1 heterocycles. The monoisotopic (exact) mass is 257 g/mol. The fraction of sp³-hybridized carbons (Fsp3) is 0.0714. The number of primary amides is 1. The van der Waals surface area contributed by atoms with Crippen molar-refractivity contribution in [1.29, 1.82) is 0 Å². The van der Waals surface area contributed by atoms with Crippen LogP contribution in [0.4, 0.5) is 0 Å². The van der Waals surface area contributed by atoms with Gasteiger partial charge in [0.15, 0.2) is 9.79 Å². The van der Waals surface area contributed by atoms with Crippen LogP contribution in [-0.4, -0.2) is 10.5 Å². The lowest BCUT2D eigenvalue weighted by atomic mass is 10.0. The molecule has 0 fully saturated rings. The Hall–Kier alpha value is -1.78. The molecule has 1 unspecified atom stereocenters. The predicted octanol–water partition coefficient (Wildman–Crippen LogP) is 1.86. The summed E-state index contributed by atoms with van der Waals surface area (Å²) in [6.45, 7) is 0. The highest BCUT2D eigenvalue weighted by atomic mass is 32.2. The molecule has 0 bridgehead atoms. The molecule has 3 rings (SSSR count). The lowest BCUT2D eigenvalue weighted by molar-refractivity contribution is 0.1000. The van der Waals surface area contributed by atoms with E-state index >= 15 is 0 Å². The van der Waals surface area contributed by atoms with Gasteiger partial charge < -0.3 is 10.3 Å². The Morgan fingerprint density at radius 2 is 1.83 bits per heavy atom. The lowest BCUT2D eigenvalue weighted by Crippen LogP contribution is -2.17. The molecular weight excluding hydrogens is 246 g/mol. The van der Waals surface area contributed by atoms with E-state index in [-0.39, 0.29) is 0 Å². The van der Waals surface area contributed by atoms with E-state index in [0.717, 1.165) is 22.4 Å². The molecule has 1 atom stereocenters. The van der Waals surface area contributed by atoms with Crippen LogP contribution in [0.15, 0.2) is 52.3 Å². The summed E-state index contributed by atoms with van der Waals surface area (Å²) >= 11 is -1.22. The van der Waals surface area contributed by atoms with E-state index in [1.165, 1.54) is 0 Å². The Bertz CT molecular complexity index is 639. The molecule has 1 amide bonds. The fourth-order valence-corrected chi connectivity index (χ4v) is 3.61. The third-order valence-corrected chi connectivity index (χ3v) is 4.68. The van der Waals surface area contributed by atoms with Crippen molar-refractivity contribution in [2.24, 2.45) is 5.73 Å². The van der Waals surface area contributed by atoms with Gasteiger partial charge in [0.25, 0.3) is 0 Å². The highest BCUT2D eigenvalue weighted by molar-refractivity contribution is 7.91. The predicted molar refractivity (Wildman–Crippen MR) is 68.9 cm³/mol. The molecule has 2 aromatic rings. The highest BCUT2D eigenvalue weighted by Crippen LogP contribution is 2.34. The van der Waals surface area contributed by atoms with E-state index in [1.54, 1.807) is 12.1 Å². The molecule has 0 aromatic heterocycles. The van der Waals surface area contributed by atoms with E-state index in [1.807, 2.05) is 30.3 Å². The number of benzene rings is 2. The topological polar surface area (TPSA) is 66.2 Å². The number of carbonyl (C=O) groups is 1. The van der Waals surface area contributed by atoms with E-state index < -0.39 is 17.1 Å². The molecular formula is C14H11NO2S. The molecule has 2 N–H and O–H groups in total.